The summed E-state index contributed by atoms with van der Waals surface area (Å²) in [5, 5.41) is 19.6. The number of nitriles is 2. The minimum absolute atomic E-state index is 0.105. The first-order valence-corrected chi connectivity index (χ1v) is 12.5. The monoisotopic (exact) mass is 580 g/mol. The van der Waals surface area contributed by atoms with Gasteiger partial charge in [0, 0.05) is 11.1 Å². The summed E-state index contributed by atoms with van der Waals surface area (Å²) in [5.74, 6) is 0. The van der Waals surface area contributed by atoms with Gasteiger partial charge in [-0.3, -0.25) is 0 Å². The summed E-state index contributed by atoms with van der Waals surface area (Å²) in [7, 11) is 0. The number of hydrogen-bond acceptors (Lipinski definition) is 3. The van der Waals surface area contributed by atoms with E-state index in [4.69, 9.17) is 74.3 Å². The van der Waals surface area contributed by atoms with Crippen LogP contribution < -0.4 is 0 Å². The Hall–Kier alpha value is -1.92. The molecule has 0 spiro atoms. The van der Waals surface area contributed by atoms with Crippen molar-refractivity contribution in [1.29, 1.82) is 10.5 Å². The molecular weight excluding hydrogens is 569 g/mol. The van der Waals surface area contributed by atoms with Crippen LogP contribution in [-0.4, -0.2) is 20.9 Å². The maximum atomic E-state index is 9.68. The normalized spacial score (nSPS) is 22.6. The van der Waals surface area contributed by atoms with E-state index < -0.39 is 20.9 Å². The number of nitrogens with zero attached hydrogens (tertiary/aromatic N) is 2. The van der Waals surface area contributed by atoms with Crippen LogP contribution >= 0.6 is 69.6 Å². The number of rotatable bonds is 4. The fraction of sp³-hybridized carbons (Fsp3) is 0.154. The van der Waals surface area contributed by atoms with Crippen LogP contribution in [-0.2, 0) is 4.74 Å². The van der Waals surface area contributed by atoms with Crippen molar-refractivity contribution < 1.29 is 4.74 Å². The fourth-order valence-electron chi connectivity index (χ4n) is 3.92. The van der Waals surface area contributed by atoms with Crippen molar-refractivity contribution in [2.45, 2.75) is 20.9 Å². The van der Waals surface area contributed by atoms with Crippen LogP contribution in [0.15, 0.2) is 82.9 Å². The zero-order valence-corrected chi connectivity index (χ0v) is 22.2. The van der Waals surface area contributed by atoms with Crippen molar-refractivity contribution in [2.24, 2.45) is 0 Å². The molecule has 2 aliphatic rings. The van der Waals surface area contributed by atoms with Gasteiger partial charge in [0.05, 0.1) is 33.3 Å². The molecular formula is C26H14Cl6N2O. The van der Waals surface area contributed by atoms with Crippen LogP contribution in [0.3, 0.4) is 0 Å². The minimum atomic E-state index is -1.51. The first-order chi connectivity index (χ1) is 16.6. The van der Waals surface area contributed by atoms with E-state index in [9.17, 15) is 10.5 Å². The molecule has 35 heavy (non-hydrogen) atoms. The lowest BCUT2D eigenvalue weighted by atomic mass is 9.89. The topological polar surface area (TPSA) is 56.8 Å². The molecule has 2 aromatic carbocycles. The zero-order chi connectivity index (χ0) is 25.4. The maximum Gasteiger partial charge on any atom is 0.172 e. The van der Waals surface area contributed by atoms with E-state index in [-0.39, 0.29) is 10.1 Å². The summed E-state index contributed by atoms with van der Waals surface area (Å²) in [6, 6.07) is 18.1. The first kappa shape index (κ1) is 26.2. The second-order valence-electron chi connectivity index (χ2n) is 7.71. The molecule has 0 fully saturated rings. The Labute approximate surface area is 233 Å². The van der Waals surface area contributed by atoms with Crippen molar-refractivity contribution in [3.8, 4) is 12.1 Å². The summed E-state index contributed by atoms with van der Waals surface area (Å²) >= 11 is 39.0. The average Bonchev–Trinajstić information content (AvgIpc) is 2.84. The summed E-state index contributed by atoms with van der Waals surface area (Å²) in [5.41, 5.74) is 2.66. The Morgan fingerprint density at radius 1 is 0.657 bits per heavy atom. The Bertz CT molecular complexity index is 1290. The van der Waals surface area contributed by atoms with Gasteiger partial charge < -0.3 is 4.74 Å². The highest BCUT2D eigenvalue weighted by molar-refractivity contribution is 6.59. The van der Waals surface area contributed by atoms with E-state index in [1.165, 1.54) is 12.2 Å². The molecule has 0 aromatic heterocycles. The summed E-state index contributed by atoms with van der Waals surface area (Å²) < 4.78 is 3.47. The van der Waals surface area contributed by atoms with E-state index in [1.807, 2.05) is 0 Å². The van der Waals surface area contributed by atoms with Crippen LogP contribution in [0.2, 0.25) is 0 Å². The highest BCUT2D eigenvalue weighted by Gasteiger charge is 2.40. The molecule has 176 valence electrons. The second kappa shape index (κ2) is 10.2. The Morgan fingerprint density at radius 2 is 1.03 bits per heavy atom. The zero-order valence-electron chi connectivity index (χ0n) is 17.7. The van der Waals surface area contributed by atoms with Gasteiger partial charge in [0.2, 0.25) is 0 Å². The quantitative estimate of drug-likeness (QED) is 0.269. The van der Waals surface area contributed by atoms with E-state index in [0.29, 0.717) is 33.4 Å². The van der Waals surface area contributed by atoms with Crippen LogP contribution in [0.1, 0.15) is 22.3 Å². The molecule has 0 saturated carbocycles. The average molecular weight is 583 g/mol. The molecule has 0 radical (unpaired) electrons. The SMILES string of the molecule is N#Cc1ccccc1C1=C(Cl)C(Cl)(Cl)C=CC1OC1C=CC(Cl)(Cl)C(Cl)=C1c1ccccc1C#N. The standard InChI is InChI=1S/C26H14Cl6N2O/c27-23-21(17-7-3-1-5-15(17)13-33)19(9-11-25(23,29)30)35-20-10-12-26(31,32)24(28)22(20)18-8-4-2-6-16(18)14-34/h1-12,19-20H. The highest BCUT2D eigenvalue weighted by Crippen LogP contribution is 2.49. The number of benzene rings is 2. The van der Waals surface area contributed by atoms with Crippen molar-refractivity contribution in [3.63, 3.8) is 0 Å². The van der Waals surface area contributed by atoms with Crippen molar-refractivity contribution >= 4 is 80.8 Å². The largest absolute Gasteiger partial charge is 0.357 e. The molecule has 3 nitrogen and oxygen atoms in total. The molecule has 0 bridgehead atoms. The van der Waals surface area contributed by atoms with Gasteiger partial charge in [0.15, 0.2) is 8.67 Å². The van der Waals surface area contributed by atoms with Gasteiger partial charge in [-0.25, -0.2) is 0 Å². The number of hydrogen-bond donors (Lipinski definition) is 0. The lowest BCUT2D eigenvalue weighted by Gasteiger charge is -2.34. The van der Waals surface area contributed by atoms with E-state index in [2.05, 4.69) is 12.1 Å². The van der Waals surface area contributed by atoms with Gasteiger partial charge >= 0.3 is 0 Å². The van der Waals surface area contributed by atoms with E-state index in [0.717, 1.165) is 0 Å². The number of alkyl halides is 4. The van der Waals surface area contributed by atoms with Crippen molar-refractivity contribution in [2.75, 3.05) is 0 Å². The highest BCUT2D eigenvalue weighted by atomic mass is 35.5. The number of allylic oxidation sites excluding steroid dienone is 4. The van der Waals surface area contributed by atoms with Crippen LogP contribution in [0.25, 0.3) is 11.1 Å². The Morgan fingerprint density at radius 3 is 1.40 bits per heavy atom. The second-order valence-corrected chi connectivity index (χ2v) is 11.2. The summed E-state index contributed by atoms with van der Waals surface area (Å²) in [6.07, 6.45) is 4.79. The smallest absolute Gasteiger partial charge is 0.172 e. The summed E-state index contributed by atoms with van der Waals surface area (Å²) in [4.78, 5) is 0. The third-order valence-corrected chi connectivity index (χ3v) is 8.21. The fourth-order valence-corrected chi connectivity index (χ4v) is 5.17. The molecule has 2 aromatic rings. The third-order valence-electron chi connectivity index (χ3n) is 5.56. The summed E-state index contributed by atoms with van der Waals surface area (Å²) in [6.45, 7) is 0. The predicted molar refractivity (Wildman–Crippen MR) is 144 cm³/mol. The molecule has 0 N–H and O–H groups in total. The minimum Gasteiger partial charge on any atom is -0.357 e. The number of halogens is 6. The Balaban J connectivity index is 1.84. The van der Waals surface area contributed by atoms with Gasteiger partial charge in [0.25, 0.3) is 0 Å². The molecule has 0 heterocycles. The molecule has 9 heteroatoms. The van der Waals surface area contributed by atoms with Crippen molar-refractivity contribution in [3.05, 3.63) is 105 Å². The van der Waals surface area contributed by atoms with Gasteiger partial charge in [-0.2, -0.15) is 10.5 Å². The molecule has 4 rings (SSSR count). The molecule has 0 aliphatic heterocycles. The molecule has 0 amide bonds. The van der Waals surface area contributed by atoms with E-state index >= 15 is 0 Å². The van der Waals surface area contributed by atoms with Crippen molar-refractivity contribution in [1.82, 2.24) is 0 Å². The predicted octanol–water partition coefficient (Wildman–Crippen LogP) is 8.27. The lowest BCUT2D eigenvalue weighted by molar-refractivity contribution is 0.106. The Kier molecular flexibility index (Phi) is 7.63. The number of ether oxygens (including phenoxy) is 1. The van der Waals surface area contributed by atoms with Crippen LogP contribution in [0, 0.1) is 22.7 Å². The van der Waals surface area contributed by atoms with Crippen LogP contribution in [0.4, 0.5) is 0 Å². The van der Waals surface area contributed by atoms with Gasteiger partial charge in [-0.1, -0.05) is 118 Å². The van der Waals surface area contributed by atoms with Gasteiger partial charge in [-0.05, 0) is 35.4 Å². The molecule has 2 atom stereocenters. The van der Waals surface area contributed by atoms with Gasteiger partial charge in [0.1, 0.15) is 12.2 Å². The van der Waals surface area contributed by atoms with Gasteiger partial charge in [-0.15, -0.1) is 0 Å². The first-order valence-electron chi connectivity index (χ1n) is 10.2. The molecule has 0 saturated heterocycles. The molecule has 2 unspecified atom stereocenters. The third kappa shape index (κ3) is 5.01. The maximum absolute atomic E-state index is 9.68. The van der Waals surface area contributed by atoms with E-state index in [1.54, 1.807) is 60.7 Å². The van der Waals surface area contributed by atoms with Crippen LogP contribution in [0.5, 0.6) is 0 Å². The molecule has 2 aliphatic carbocycles. The lowest BCUT2D eigenvalue weighted by Crippen LogP contribution is -2.31.